The Morgan fingerprint density at radius 3 is 2.88 bits per heavy atom. The molecule has 2 aromatic heterocycles. The average molecular weight is 342 g/mol. The van der Waals surface area contributed by atoms with Gasteiger partial charge in [-0.25, -0.2) is 9.97 Å². The molecule has 0 atom stereocenters. The fourth-order valence-electron chi connectivity index (χ4n) is 2.26. The van der Waals surface area contributed by atoms with E-state index >= 15 is 0 Å². The molecule has 0 fully saturated rings. The summed E-state index contributed by atoms with van der Waals surface area (Å²) >= 11 is 1.61. The number of nitrogens with one attached hydrogen (secondary N) is 2. The van der Waals surface area contributed by atoms with Crippen LogP contribution in [-0.4, -0.2) is 42.7 Å². The summed E-state index contributed by atoms with van der Waals surface area (Å²) in [4.78, 5) is 22.4. The number of anilines is 1. The molecule has 1 amide bonds. The van der Waals surface area contributed by atoms with Crippen molar-refractivity contribution >= 4 is 33.3 Å². The number of carbonyl (C=O) groups excluding carboxylic acids is 1. The summed E-state index contributed by atoms with van der Waals surface area (Å²) in [6.07, 6.45) is 1.51. The van der Waals surface area contributed by atoms with Gasteiger partial charge in [0.25, 0.3) is 0 Å². The Bertz CT molecular complexity index is 820. The number of fused-ring (bicyclic) bond motifs is 1. The van der Waals surface area contributed by atoms with Crippen LogP contribution in [0.15, 0.2) is 42.7 Å². The molecule has 0 saturated heterocycles. The first-order valence-corrected chi connectivity index (χ1v) is 8.39. The predicted octanol–water partition coefficient (Wildman–Crippen LogP) is 2.53. The van der Waals surface area contributed by atoms with Gasteiger partial charge in [0.15, 0.2) is 0 Å². The van der Waals surface area contributed by atoms with Crippen LogP contribution >= 0.6 is 11.3 Å². The Morgan fingerprint density at radius 2 is 2.08 bits per heavy atom. The molecule has 0 bridgehead atoms. The van der Waals surface area contributed by atoms with Crippen molar-refractivity contribution in [3.8, 4) is 10.4 Å². The van der Waals surface area contributed by atoms with Gasteiger partial charge in [-0.3, -0.25) is 4.79 Å². The molecule has 0 unspecified atom stereocenters. The SMILES string of the molecule is COCCNC(=O)CNc1ncnc2sc(-c3ccccc3)cc12. The molecule has 1 aromatic carbocycles. The van der Waals surface area contributed by atoms with Gasteiger partial charge in [0, 0.05) is 18.5 Å². The summed E-state index contributed by atoms with van der Waals surface area (Å²) in [6.45, 7) is 1.15. The smallest absolute Gasteiger partial charge is 0.239 e. The molecule has 0 aliphatic rings. The zero-order valence-corrected chi connectivity index (χ0v) is 14.1. The predicted molar refractivity (Wildman–Crippen MR) is 96.2 cm³/mol. The second-order valence-electron chi connectivity index (χ2n) is 5.11. The first-order chi connectivity index (χ1) is 11.8. The topological polar surface area (TPSA) is 76.1 Å². The number of aromatic nitrogens is 2. The van der Waals surface area contributed by atoms with Crippen molar-refractivity contribution in [3.63, 3.8) is 0 Å². The zero-order valence-electron chi connectivity index (χ0n) is 13.3. The second-order valence-corrected chi connectivity index (χ2v) is 6.14. The van der Waals surface area contributed by atoms with Crippen molar-refractivity contribution in [1.82, 2.24) is 15.3 Å². The van der Waals surface area contributed by atoms with Crippen LogP contribution < -0.4 is 10.6 Å². The highest BCUT2D eigenvalue weighted by Crippen LogP contribution is 2.34. The number of benzene rings is 1. The first-order valence-electron chi connectivity index (χ1n) is 7.57. The molecular formula is C17H18N4O2S. The second kappa shape index (κ2) is 7.85. The van der Waals surface area contributed by atoms with E-state index in [4.69, 9.17) is 4.74 Å². The number of carbonyl (C=O) groups is 1. The number of hydrogen-bond acceptors (Lipinski definition) is 6. The van der Waals surface area contributed by atoms with E-state index in [0.29, 0.717) is 19.0 Å². The standard InChI is InChI=1S/C17H18N4O2S/c1-23-8-7-18-15(22)10-19-16-13-9-14(12-5-3-2-4-6-12)24-17(13)21-11-20-16/h2-6,9,11H,7-8,10H2,1H3,(H,18,22)(H,19,20,21). The fraction of sp³-hybridized carbons (Fsp3) is 0.235. The molecule has 0 spiro atoms. The van der Waals surface area contributed by atoms with Crippen LogP contribution in [-0.2, 0) is 9.53 Å². The molecule has 0 aliphatic heterocycles. The minimum Gasteiger partial charge on any atom is -0.383 e. The van der Waals surface area contributed by atoms with Gasteiger partial charge in [-0.05, 0) is 11.6 Å². The highest BCUT2D eigenvalue weighted by molar-refractivity contribution is 7.21. The van der Waals surface area contributed by atoms with Crippen LogP contribution in [0.25, 0.3) is 20.7 Å². The highest BCUT2D eigenvalue weighted by atomic mass is 32.1. The molecule has 6 nitrogen and oxygen atoms in total. The lowest BCUT2D eigenvalue weighted by Gasteiger charge is -2.07. The van der Waals surface area contributed by atoms with E-state index in [2.05, 4.69) is 38.8 Å². The van der Waals surface area contributed by atoms with E-state index < -0.39 is 0 Å². The number of amides is 1. The summed E-state index contributed by atoms with van der Waals surface area (Å²) in [5, 5.41) is 6.77. The quantitative estimate of drug-likeness (QED) is 0.645. The minimum atomic E-state index is -0.0997. The maximum atomic E-state index is 11.8. The van der Waals surface area contributed by atoms with Crippen molar-refractivity contribution in [2.45, 2.75) is 0 Å². The van der Waals surface area contributed by atoms with Crippen LogP contribution in [0, 0.1) is 0 Å². The molecule has 0 saturated carbocycles. The Labute approximate surface area is 143 Å². The summed E-state index contributed by atoms with van der Waals surface area (Å²) in [5.41, 5.74) is 1.14. The van der Waals surface area contributed by atoms with Crippen LogP contribution in [0.2, 0.25) is 0 Å². The van der Waals surface area contributed by atoms with Crippen LogP contribution in [0.3, 0.4) is 0 Å². The van der Waals surface area contributed by atoms with Gasteiger partial charge in [0.1, 0.15) is 17.0 Å². The van der Waals surface area contributed by atoms with Crippen molar-refractivity contribution in [2.24, 2.45) is 0 Å². The van der Waals surface area contributed by atoms with Crippen molar-refractivity contribution in [2.75, 3.05) is 32.1 Å². The van der Waals surface area contributed by atoms with Gasteiger partial charge >= 0.3 is 0 Å². The molecule has 3 aromatic rings. The number of ether oxygens (including phenoxy) is 1. The van der Waals surface area contributed by atoms with E-state index in [9.17, 15) is 4.79 Å². The molecule has 0 aliphatic carbocycles. The summed E-state index contributed by atoms with van der Waals surface area (Å²) in [7, 11) is 1.60. The van der Waals surface area contributed by atoms with Gasteiger partial charge in [-0.15, -0.1) is 11.3 Å². The van der Waals surface area contributed by atoms with Gasteiger partial charge in [0.2, 0.25) is 5.91 Å². The molecule has 2 N–H and O–H groups in total. The molecule has 24 heavy (non-hydrogen) atoms. The van der Waals surface area contributed by atoms with Gasteiger partial charge in [-0.2, -0.15) is 0 Å². The number of nitrogens with zero attached hydrogens (tertiary/aromatic N) is 2. The monoisotopic (exact) mass is 342 g/mol. The highest BCUT2D eigenvalue weighted by Gasteiger charge is 2.10. The number of methoxy groups -OCH3 is 1. The Morgan fingerprint density at radius 1 is 1.25 bits per heavy atom. The number of hydrogen-bond donors (Lipinski definition) is 2. The molecule has 124 valence electrons. The average Bonchev–Trinajstić information content (AvgIpc) is 3.06. The van der Waals surface area contributed by atoms with Crippen LogP contribution in [0.5, 0.6) is 0 Å². The molecule has 3 rings (SSSR count). The number of rotatable bonds is 7. The summed E-state index contributed by atoms with van der Waals surface area (Å²) < 4.78 is 4.90. The number of thiophene rings is 1. The molecule has 7 heteroatoms. The molecule has 2 heterocycles. The van der Waals surface area contributed by atoms with Gasteiger partial charge < -0.3 is 15.4 Å². The molecule has 0 radical (unpaired) electrons. The summed E-state index contributed by atoms with van der Waals surface area (Å²) in [6, 6.07) is 12.2. The largest absolute Gasteiger partial charge is 0.383 e. The van der Waals surface area contributed by atoms with E-state index in [1.807, 2.05) is 18.2 Å². The van der Waals surface area contributed by atoms with Crippen LogP contribution in [0.4, 0.5) is 5.82 Å². The third kappa shape index (κ3) is 3.87. The molecular weight excluding hydrogens is 324 g/mol. The van der Waals surface area contributed by atoms with E-state index in [1.165, 1.54) is 6.33 Å². The van der Waals surface area contributed by atoms with Gasteiger partial charge in [-0.1, -0.05) is 30.3 Å². The lowest BCUT2D eigenvalue weighted by Crippen LogP contribution is -2.32. The summed E-state index contributed by atoms with van der Waals surface area (Å²) in [5.74, 6) is 0.567. The fourth-order valence-corrected chi connectivity index (χ4v) is 3.26. The minimum absolute atomic E-state index is 0.0997. The Balaban J connectivity index is 1.74. The Hall–Kier alpha value is -2.51. The zero-order chi connectivity index (χ0) is 16.8. The van der Waals surface area contributed by atoms with Crippen molar-refractivity contribution < 1.29 is 9.53 Å². The third-order valence-corrected chi connectivity index (χ3v) is 4.52. The van der Waals surface area contributed by atoms with Crippen molar-refractivity contribution in [3.05, 3.63) is 42.7 Å². The maximum absolute atomic E-state index is 11.8. The van der Waals surface area contributed by atoms with E-state index in [1.54, 1.807) is 18.4 Å². The van der Waals surface area contributed by atoms with Crippen LogP contribution in [0.1, 0.15) is 0 Å². The lowest BCUT2D eigenvalue weighted by atomic mass is 10.2. The van der Waals surface area contributed by atoms with E-state index in [0.717, 1.165) is 20.7 Å². The van der Waals surface area contributed by atoms with Gasteiger partial charge in [0.05, 0.1) is 18.5 Å². The maximum Gasteiger partial charge on any atom is 0.239 e. The lowest BCUT2D eigenvalue weighted by molar-refractivity contribution is -0.119. The first kappa shape index (κ1) is 16.4. The van der Waals surface area contributed by atoms with E-state index in [-0.39, 0.29) is 12.5 Å². The van der Waals surface area contributed by atoms with Crippen molar-refractivity contribution in [1.29, 1.82) is 0 Å². The Kier molecular flexibility index (Phi) is 5.35. The normalized spacial score (nSPS) is 10.7. The third-order valence-electron chi connectivity index (χ3n) is 3.43.